The van der Waals surface area contributed by atoms with E-state index < -0.39 is 10.0 Å². The second kappa shape index (κ2) is 8.05. The van der Waals surface area contributed by atoms with Crippen molar-refractivity contribution < 1.29 is 13.2 Å². The van der Waals surface area contributed by atoms with Crippen LogP contribution in [0.25, 0.3) is 9.88 Å². The summed E-state index contributed by atoms with van der Waals surface area (Å²) >= 11 is 3.06. The molecule has 0 aliphatic heterocycles. The number of aromatic nitrogens is 1. The highest BCUT2D eigenvalue weighted by Crippen LogP contribution is 2.36. The molecular weight excluding hydrogens is 364 g/mol. The molecule has 0 aliphatic rings. The normalized spacial score (nSPS) is 12.2. The van der Waals surface area contributed by atoms with Gasteiger partial charge in [-0.25, -0.2) is 18.1 Å². The van der Waals surface area contributed by atoms with Gasteiger partial charge in [-0.3, -0.25) is 0 Å². The number of nitrogens with one attached hydrogen (secondary N) is 1. The second-order valence-electron chi connectivity index (χ2n) is 5.86. The average Bonchev–Trinajstić information content (AvgIpc) is 3.02. The summed E-state index contributed by atoms with van der Waals surface area (Å²) in [6.45, 7) is 10.7. The molecule has 0 spiro atoms. The van der Waals surface area contributed by atoms with E-state index in [1.165, 1.54) is 11.3 Å². The summed E-state index contributed by atoms with van der Waals surface area (Å²) in [4.78, 5) is 7.70. The van der Waals surface area contributed by atoms with Gasteiger partial charge in [-0.15, -0.1) is 22.7 Å². The Hall–Kier alpha value is -0.800. The van der Waals surface area contributed by atoms with E-state index in [-0.39, 0.29) is 6.10 Å². The Kier molecular flexibility index (Phi) is 6.55. The number of thiazole rings is 1. The van der Waals surface area contributed by atoms with Gasteiger partial charge in [0.05, 0.1) is 21.6 Å². The lowest BCUT2D eigenvalue weighted by Crippen LogP contribution is -2.26. The molecular formula is C16H24N2O3S3. The minimum Gasteiger partial charge on any atom is -0.379 e. The smallest absolute Gasteiger partial charge is 0.241 e. The zero-order valence-electron chi connectivity index (χ0n) is 14.7. The van der Waals surface area contributed by atoms with Crippen LogP contribution < -0.4 is 4.72 Å². The van der Waals surface area contributed by atoms with Gasteiger partial charge in [-0.1, -0.05) is 0 Å². The van der Waals surface area contributed by atoms with Gasteiger partial charge >= 0.3 is 0 Å². The molecule has 0 unspecified atom stereocenters. The zero-order valence-corrected chi connectivity index (χ0v) is 17.1. The van der Waals surface area contributed by atoms with Gasteiger partial charge in [-0.05, 0) is 47.1 Å². The van der Waals surface area contributed by atoms with E-state index in [2.05, 4.69) is 9.71 Å². The summed E-state index contributed by atoms with van der Waals surface area (Å²) < 4.78 is 33.1. The third kappa shape index (κ3) is 4.86. The molecule has 0 aliphatic carbocycles. The molecule has 1 N–H and O–H groups in total. The van der Waals surface area contributed by atoms with Crippen LogP contribution in [0.15, 0.2) is 11.0 Å². The van der Waals surface area contributed by atoms with Crippen LogP contribution in [0.5, 0.6) is 0 Å². The molecule has 2 aromatic rings. The molecule has 0 aromatic carbocycles. The SMILES string of the molecule is Cc1nc(-c2cc(S(=O)(=O)NCCCOC(C)C)c(C)s2)sc1C. The topological polar surface area (TPSA) is 68.3 Å². The van der Waals surface area contributed by atoms with Crippen LogP contribution in [0.2, 0.25) is 0 Å². The largest absolute Gasteiger partial charge is 0.379 e. The summed E-state index contributed by atoms with van der Waals surface area (Å²) in [6, 6.07) is 1.73. The fraction of sp³-hybridized carbons (Fsp3) is 0.562. The summed E-state index contributed by atoms with van der Waals surface area (Å²) in [5.41, 5.74) is 0.994. The first kappa shape index (κ1) is 19.5. The number of sulfonamides is 1. The Bertz CT molecular complexity index is 772. The van der Waals surface area contributed by atoms with Crippen LogP contribution in [-0.4, -0.2) is 32.7 Å². The Labute approximate surface area is 152 Å². The maximum Gasteiger partial charge on any atom is 0.241 e. The van der Waals surface area contributed by atoms with Crippen LogP contribution in [0.4, 0.5) is 0 Å². The van der Waals surface area contributed by atoms with Crippen LogP contribution in [0.3, 0.4) is 0 Å². The van der Waals surface area contributed by atoms with Crippen LogP contribution in [-0.2, 0) is 14.8 Å². The number of thiophene rings is 1. The zero-order chi connectivity index (χ0) is 17.9. The third-order valence-electron chi connectivity index (χ3n) is 3.47. The molecule has 0 saturated heterocycles. The van der Waals surface area contributed by atoms with Crippen molar-refractivity contribution in [1.82, 2.24) is 9.71 Å². The van der Waals surface area contributed by atoms with E-state index in [0.29, 0.717) is 24.5 Å². The van der Waals surface area contributed by atoms with Gasteiger partial charge in [0.25, 0.3) is 0 Å². The number of aryl methyl sites for hydroxylation is 3. The molecule has 2 rings (SSSR count). The maximum absolute atomic E-state index is 12.5. The van der Waals surface area contributed by atoms with Crippen molar-refractivity contribution in [2.24, 2.45) is 0 Å². The minimum atomic E-state index is -3.50. The van der Waals surface area contributed by atoms with Crippen LogP contribution >= 0.6 is 22.7 Å². The summed E-state index contributed by atoms with van der Waals surface area (Å²) in [6.07, 6.45) is 0.812. The predicted octanol–water partition coefficient (Wildman–Crippen LogP) is 3.89. The number of hydrogen-bond donors (Lipinski definition) is 1. The Morgan fingerprint density at radius 3 is 2.50 bits per heavy atom. The van der Waals surface area contributed by atoms with Gasteiger partial charge in [0, 0.05) is 22.9 Å². The summed E-state index contributed by atoms with van der Waals surface area (Å²) in [7, 11) is -3.50. The molecule has 2 heterocycles. The van der Waals surface area contributed by atoms with E-state index in [1.807, 2.05) is 34.6 Å². The number of rotatable bonds is 8. The van der Waals surface area contributed by atoms with Gasteiger partial charge in [0.15, 0.2) is 0 Å². The second-order valence-corrected chi connectivity index (χ2v) is 10.1. The molecule has 0 saturated carbocycles. The molecule has 0 radical (unpaired) electrons. The minimum absolute atomic E-state index is 0.161. The first-order chi connectivity index (χ1) is 11.2. The van der Waals surface area contributed by atoms with E-state index in [0.717, 1.165) is 25.3 Å². The van der Waals surface area contributed by atoms with Crippen molar-refractivity contribution in [3.05, 3.63) is 21.5 Å². The maximum atomic E-state index is 12.5. The highest BCUT2D eigenvalue weighted by Gasteiger charge is 2.21. The summed E-state index contributed by atoms with van der Waals surface area (Å²) in [5, 5.41) is 0.880. The number of ether oxygens (including phenoxy) is 1. The Morgan fingerprint density at radius 2 is 1.92 bits per heavy atom. The fourth-order valence-electron chi connectivity index (χ4n) is 2.09. The van der Waals surface area contributed by atoms with E-state index in [4.69, 9.17) is 4.74 Å². The highest BCUT2D eigenvalue weighted by molar-refractivity contribution is 7.89. The first-order valence-corrected chi connectivity index (χ1v) is 11.0. The van der Waals surface area contributed by atoms with Crippen molar-refractivity contribution in [3.63, 3.8) is 0 Å². The highest BCUT2D eigenvalue weighted by atomic mass is 32.2. The molecule has 0 amide bonds. The Balaban J connectivity index is 2.08. The monoisotopic (exact) mass is 388 g/mol. The molecule has 0 atom stereocenters. The molecule has 8 heteroatoms. The molecule has 24 heavy (non-hydrogen) atoms. The lowest BCUT2D eigenvalue weighted by molar-refractivity contribution is 0.0778. The van der Waals surface area contributed by atoms with Crippen molar-refractivity contribution in [3.8, 4) is 9.88 Å². The molecule has 0 bridgehead atoms. The fourth-order valence-corrected chi connectivity index (χ4v) is 5.71. The predicted molar refractivity (Wildman–Crippen MR) is 101 cm³/mol. The lowest BCUT2D eigenvalue weighted by atomic mass is 10.4. The van der Waals surface area contributed by atoms with Crippen LogP contribution in [0.1, 0.15) is 35.7 Å². The lowest BCUT2D eigenvalue weighted by Gasteiger charge is -2.08. The molecule has 2 aromatic heterocycles. The average molecular weight is 389 g/mol. The van der Waals surface area contributed by atoms with Crippen molar-refractivity contribution >= 4 is 32.7 Å². The number of hydrogen-bond acceptors (Lipinski definition) is 6. The van der Waals surface area contributed by atoms with Crippen LogP contribution in [0, 0.1) is 20.8 Å². The standard InChI is InChI=1S/C16H24N2O3S3/c1-10(2)21-8-6-7-17-24(19,20)15-9-14(22-13(15)5)16-18-11(3)12(4)23-16/h9-10,17H,6-8H2,1-5H3. The quantitative estimate of drug-likeness (QED) is 0.697. The van der Waals surface area contributed by atoms with Gasteiger partial charge in [0.1, 0.15) is 5.01 Å². The molecule has 0 fully saturated rings. The first-order valence-electron chi connectivity index (χ1n) is 7.87. The van der Waals surface area contributed by atoms with Gasteiger partial charge in [0.2, 0.25) is 10.0 Å². The van der Waals surface area contributed by atoms with E-state index in [9.17, 15) is 8.42 Å². The molecule has 134 valence electrons. The third-order valence-corrected chi connectivity index (χ3v) is 7.47. The Morgan fingerprint density at radius 1 is 1.21 bits per heavy atom. The summed E-state index contributed by atoms with van der Waals surface area (Å²) in [5.74, 6) is 0. The van der Waals surface area contributed by atoms with Gasteiger partial charge < -0.3 is 4.74 Å². The van der Waals surface area contributed by atoms with Gasteiger partial charge in [-0.2, -0.15) is 0 Å². The van der Waals surface area contributed by atoms with E-state index in [1.54, 1.807) is 17.4 Å². The van der Waals surface area contributed by atoms with Crippen molar-refractivity contribution in [1.29, 1.82) is 0 Å². The number of nitrogens with zero attached hydrogens (tertiary/aromatic N) is 1. The van der Waals surface area contributed by atoms with E-state index >= 15 is 0 Å². The van der Waals surface area contributed by atoms with Crippen molar-refractivity contribution in [2.75, 3.05) is 13.2 Å². The molecule has 5 nitrogen and oxygen atoms in total. The van der Waals surface area contributed by atoms with Crippen molar-refractivity contribution in [2.45, 2.75) is 52.0 Å².